The van der Waals surface area contributed by atoms with Gasteiger partial charge >= 0.3 is 5.97 Å². The van der Waals surface area contributed by atoms with Crippen LogP contribution in [0, 0.1) is 19.6 Å². The van der Waals surface area contributed by atoms with Gasteiger partial charge in [0.1, 0.15) is 5.92 Å². The molecular weight excluding hydrogens is 391 g/mol. The number of ether oxygens (including phenoxy) is 1. The summed E-state index contributed by atoms with van der Waals surface area (Å²) in [5, 5.41) is 20.1. The second-order valence-corrected chi connectivity index (χ2v) is 5.89. The first-order valence-corrected chi connectivity index (χ1v) is 7.54. The average Bonchev–Trinajstić information content (AvgIpc) is 2.90. The van der Waals surface area contributed by atoms with E-state index >= 15 is 0 Å². The lowest BCUT2D eigenvalue weighted by atomic mass is 10.0. The predicted molar refractivity (Wildman–Crippen MR) is 84.6 cm³/mol. The SMILES string of the molecule is CCN(c1ccc([N+](=O)[O-])cc1I)C1COCC1C(=O)O. The number of non-ortho nitro benzene ring substituents is 1. The Morgan fingerprint density at radius 3 is 2.81 bits per heavy atom. The van der Waals surface area contributed by atoms with Gasteiger partial charge < -0.3 is 14.7 Å². The van der Waals surface area contributed by atoms with Gasteiger partial charge in [-0.05, 0) is 35.6 Å². The first kappa shape index (κ1) is 16.0. The fourth-order valence-electron chi connectivity index (χ4n) is 2.51. The quantitative estimate of drug-likeness (QED) is 0.458. The van der Waals surface area contributed by atoms with Gasteiger partial charge in [0.2, 0.25) is 0 Å². The Morgan fingerprint density at radius 2 is 2.29 bits per heavy atom. The van der Waals surface area contributed by atoms with Gasteiger partial charge in [0, 0.05) is 22.2 Å². The zero-order chi connectivity index (χ0) is 15.6. The van der Waals surface area contributed by atoms with E-state index in [0.29, 0.717) is 13.2 Å². The Balaban J connectivity index is 2.33. The number of aliphatic carboxylic acids is 1. The molecule has 1 aromatic carbocycles. The van der Waals surface area contributed by atoms with E-state index in [1.54, 1.807) is 6.07 Å². The Morgan fingerprint density at radius 1 is 1.57 bits per heavy atom. The molecule has 0 saturated carbocycles. The molecule has 1 heterocycles. The molecule has 0 spiro atoms. The summed E-state index contributed by atoms with van der Waals surface area (Å²) >= 11 is 2.03. The predicted octanol–water partition coefficient (Wildman–Crippen LogP) is 2.13. The van der Waals surface area contributed by atoms with Crippen molar-refractivity contribution in [1.29, 1.82) is 0 Å². The number of carbonyl (C=O) groups is 1. The summed E-state index contributed by atoms with van der Waals surface area (Å²) in [6, 6.07) is 4.33. The second kappa shape index (κ2) is 6.56. The molecular formula is C13H15IN2O5. The summed E-state index contributed by atoms with van der Waals surface area (Å²) in [5.41, 5.74) is 0.821. The number of nitrogens with zero attached hydrogens (tertiary/aromatic N) is 2. The molecule has 21 heavy (non-hydrogen) atoms. The number of carboxylic acids is 1. The lowest BCUT2D eigenvalue weighted by Crippen LogP contribution is -2.43. The molecule has 0 aliphatic carbocycles. The van der Waals surface area contributed by atoms with Crippen LogP contribution in [-0.2, 0) is 9.53 Å². The molecule has 2 rings (SSSR count). The standard InChI is InChI=1S/C13H15IN2O5/c1-2-15(12-7-21-6-9(12)13(17)18)11-4-3-8(16(19)20)5-10(11)14/h3-5,9,12H,2,6-7H2,1H3,(H,17,18). The third-order valence-electron chi connectivity index (χ3n) is 3.56. The number of hydrogen-bond donors (Lipinski definition) is 1. The van der Waals surface area contributed by atoms with Crippen molar-refractivity contribution in [2.24, 2.45) is 5.92 Å². The summed E-state index contributed by atoms with van der Waals surface area (Å²) in [5.74, 6) is -1.47. The van der Waals surface area contributed by atoms with E-state index in [4.69, 9.17) is 4.74 Å². The largest absolute Gasteiger partial charge is 0.481 e. The smallest absolute Gasteiger partial charge is 0.311 e. The minimum atomic E-state index is -0.882. The molecule has 8 heteroatoms. The normalized spacial score (nSPS) is 21.2. The van der Waals surface area contributed by atoms with Crippen molar-refractivity contribution >= 4 is 39.9 Å². The Bertz CT molecular complexity index is 565. The van der Waals surface area contributed by atoms with Crippen LogP contribution in [0.15, 0.2) is 18.2 Å². The molecule has 0 radical (unpaired) electrons. The van der Waals surface area contributed by atoms with E-state index in [1.165, 1.54) is 12.1 Å². The Labute approximate surface area is 135 Å². The van der Waals surface area contributed by atoms with Crippen molar-refractivity contribution in [2.75, 3.05) is 24.7 Å². The van der Waals surface area contributed by atoms with E-state index in [0.717, 1.165) is 9.26 Å². The summed E-state index contributed by atoms with van der Waals surface area (Å²) in [6.07, 6.45) is 0. The third-order valence-corrected chi connectivity index (χ3v) is 4.42. The van der Waals surface area contributed by atoms with Crippen molar-refractivity contribution < 1.29 is 19.6 Å². The molecule has 1 aromatic rings. The monoisotopic (exact) mass is 406 g/mol. The maximum absolute atomic E-state index is 11.3. The van der Waals surface area contributed by atoms with Gasteiger partial charge in [-0.1, -0.05) is 0 Å². The highest BCUT2D eigenvalue weighted by Gasteiger charge is 2.38. The third kappa shape index (κ3) is 3.26. The van der Waals surface area contributed by atoms with Crippen LogP contribution in [0.2, 0.25) is 0 Å². The number of halogens is 1. The zero-order valence-electron chi connectivity index (χ0n) is 11.4. The Kier molecular flexibility index (Phi) is 4.99. The molecule has 2 unspecified atom stereocenters. The number of benzene rings is 1. The minimum absolute atomic E-state index is 0.0247. The molecule has 0 bridgehead atoms. The molecule has 1 aliphatic rings. The van der Waals surface area contributed by atoms with E-state index in [-0.39, 0.29) is 18.3 Å². The van der Waals surface area contributed by atoms with E-state index in [1.807, 2.05) is 34.4 Å². The van der Waals surface area contributed by atoms with Gasteiger partial charge in [0.25, 0.3) is 5.69 Å². The van der Waals surface area contributed by atoms with Crippen molar-refractivity contribution in [3.63, 3.8) is 0 Å². The molecule has 114 valence electrons. The van der Waals surface area contributed by atoms with Gasteiger partial charge in [-0.3, -0.25) is 14.9 Å². The molecule has 1 saturated heterocycles. The molecule has 2 atom stereocenters. The molecule has 1 N–H and O–H groups in total. The number of carboxylic acid groups (broad SMARTS) is 1. The lowest BCUT2D eigenvalue weighted by Gasteiger charge is -2.32. The highest BCUT2D eigenvalue weighted by molar-refractivity contribution is 14.1. The van der Waals surface area contributed by atoms with E-state index in [2.05, 4.69) is 0 Å². The highest BCUT2D eigenvalue weighted by Crippen LogP contribution is 2.31. The number of nitro groups is 1. The van der Waals surface area contributed by atoms with Gasteiger partial charge in [-0.2, -0.15) is 0 Å². The van der Waals surface area contributed by atoms with Crippen LogP contribution in [0.1, 0.15) is 6.92 Å². The fourth-order valence-corrected chi connectivity index (χ4v) is 3.32. The fraction of sp³-hybridized carbons (Fsp3) is 0.462. The Hall–Kier alpha value is -1.42. The van der Waals surface area contributed by atoms with Crippen molar-refractivity contribution in [3.8, 4) is 0 Å². The highest BCUT2D eigenvalue weighted by atomic mass is 127. The van der Waals surface area contributed by atoms with Crippen molar-refractivity contribution in [2.45, 2.75) is 13.0 Å². The van der Waals surface area contributed by atoms with Crippen LogP contribution in [0.4, 0.5) is 11.4 Å². The van der Waals surface area contributed by atoms with Gasteiger partial charge in [0.05, 0.1) is 29.9 Å². The molecule has 0 aromatic heterocycles. The lowest BCUT2D eigenvalue weighted by molar-refractivity contribution is -0.384. The molecule has 1 aliphatic heterocycles. The van der Waals surface area contributed by atoms with Crippen molar-refractivity contribution in [1.82, 2.24) is 0 Å². The first-order valence-electron chi connectivity index (χ1n) is 6.46. The maximum atomic E-state index is 11.3. The summed E-state index contributed by atoms with van der Waals surface area (Å²) in [4.78, 5) is 23.6. The first-order chi connectivity index (χ1) is 9.95. The average molecular weight is 406 g/mol. The summed E-state index contributed by atoms with van der Waals surface area (Å²) in [6.45, 7) is 3.07. The minimum Gasteiger partial charge on any atom is -0.481 e. The maximum Gasteiger partial charge on any atom is 0.311 e. The number of rotatable bonds is 5. The number of likely N-dealkylation sites (N-methyl/N-ethyl adjacent to an activating group) is 1. The van der Waals surface area contributed by atoms with Crippen LogP contribution >= 0.6 is 22.6 Å². The van der Waals surface area contributed by atoms with Crippen LogP contribution in [0.3, 0.4) is 0 Å². The van der Waals surface area contributed by atoms with Gasteiger partial charge in [-0.25, -0.2) is 0 Å². The topological polar surface area (TPSA) is 92.9 Å². The molecule has 1 fully saturated rings. The zero-order valence-corrected chi connectivity index (χ0v) is 13.5. The molecule has 0 amide bonds. The van der Waals surface area contributed by atoms with Crippen LogP contribution < -0.4 is 4.90 Å². The van der Waals surface area contributed by atoms with E-state index < -0.39 is 16.8 Å². The van der Waals surface area contributed by atoms with Gasteiger partial charge in [-0.15, -0.1) is 0 Å². The van der Waals surface area contributed by atoms with Crippen molar-refractivity contribution in [3.05, 3.63) is 31.9 Å². The second-order valence-electron chi connectivity index (χ2n) is 4.73. The van der Waals surface area contributed by atoms with Gasteiger partial charge in [0.15, 0.2) is 0 Å². The van der Waals surface area contributed by atoms with Crippen LogP contribution in [0.5, 0.6) is 0 Å². The number of nitro benzene ring substituents is 1. The molecule has 7 nitrogen and oxygen atoms in total. The number of hydrogen-bond acceptors (Lipinski definition) is 5. The summed E-state index contributed by atoms with van der Waals surface area (Å²) < 4.78 is 6.03. The van der Waals surface area contributed by atoms with Crippen LogP contribution in [-0.4, -0.2) is 41.8 Å². The summed E-state index contributed by atoms with van der Waals surface area (Å²) in [7, 11) is 0. The number of anilines is 1. The van der Waals surface area contributed by atoms with Crippen LogP contribution in [0.25, 0.3) is 0 Å². The van der Waals surface area contributed by atoms with E-state index in [9.17, 15) is 20.0 Å².